The molecule has 0 aliphatic carbocycles. The van der Waals surface area contributed by atoms with E-state index in [1.165, 1.54) is 0 Å². The number of nitrogen functional groups attached to an aromatic ring is 1. The quantitative estimate of drug-likeness (QED) is 0.550. The highest BCUT2D eigenvalue weighted by atomic mass is 19.2. The molecular weight excluding hydrogens is 231 g/mol. The molecule has 0 saturated heterocycles. The first kappa shape index (κ1) is 12.9. The number of hydrogen-bond acceptors (Lipinski definition) is 2. The van der Waals surface area contributed by atoms with Gasteiger partial charge in [-0.2, -0.15) is 0 Å². The molecular formula is C12H10F3NO. The zero-order valence-electron chi connectivity index (χ0n) is 8.70. The molecule has 2 aromatic carbocycles. The smallest absolute Gasteiger partial charge is 0.184 e. The molecule has 2 nitrogen and oxygen atoms in total. The number of aromatic hydroxyl groups is 1. The van der Waals surface area contributed by atoms with E-state index in [-0.39, 0.29) is 0 Å². The third-order valence-electron chi connectivity index (χ3n) is 1.84. The fraction of sp³-hybridized carbons (Fsp3) is 0. The molecule has 17 heavy (non-hydrogen) atoms. The number of hydrogen-bond donors (Lipinski definition) is 2. The highest BCUT2D eigenvalue weighted by molar-refractivity contribution is 5.41. The average molecular weight is 241 g/mol. The van der Waals surface area contributed by atoms with Crippen LogP contribution in [0.3, 0.4) is 0 Å². The van der Waals surface area contributed by atoms with Gasteiger partial charge in [0.2, 0.25) is 0 Å². The monoisotopic (exact) mass is 241 g/mol. The molecule has 0 atom stereocenters. The topological polar surface area (TPSA) is 46.2 Å². The van der Waals surface area contributed by atoms with Gasteiger partial charge in [0, 0.05) is 0 Å². The minimum absolute atomic E-state index is 0.322. The third-order valence-corrected chi connectivity index (χ3v) is 1.84. The predicted octanol–water partition coefficient (Wildman–Crippen LogP) is 3.08. The van der Waals surface area contributed by atoms with E-state index in [9.17, 15) is 13.2 Å². The summed E-state index contributed by atoms with van der Waals surface area (Å²) < 4.78 is 36.6. The molecule has 0 aromatic heterocycles. The first-order valence-corrected chi connectivity index (χ1v) is 4.65. The second kappa shape index (κ2) is 5.79. The van der Waals surface area contributed by atoms with Crippen LogP contribution in [0.4, 0.5) is 18.9 Å². The van der Waals surface area contributed by atoms with Crippen molar-refractivity contribution < 1.29 is 18.3 Å². The zero-order chi connectivity index (χ0) is 12.8. The van der Waals surface area contributed by atoms with E-state index in [1.54, 1.807) is 24.3 Å². The lowest BCUT2D eigenvalue weighted by Crippen LogP contribution is -1.97. The Morgan fingerprint density at radius 3 is 1.76 bits per heavy atom. The number of anilines is 1. The highest BCUT2D eigenvalue weighted by Gasteiger charge is 2.08. The molecule has 0 fully saturated rings. The van der Waals surface area contributed by atoms with E-state index < -0.39 is 23.1 Å². The summed E-state index contributed by atoms with van der Waals surface area (Å²) in [7, 11) is 0. The summed E-state index contributed by atoms with van der Waals surface area (Å²) in [5.74, 6) is -3.10. The molecule has 2 aromatic rings. The van der Waals surface area contributed by atoms with Gasteiger partial charge < -0.3 is 10.8 Å². The van der Waals surface area contributed by atoms with Crippen molar-refractivity contribution in [2.75, 3.05) is 5.73 Å². The highest BCUT2D eigenvalue weighted by Crippen LogP contribution is 2.16. The Hall–Kier alpha value is -2.17. The van der Waals surface area contributed by atoms with E-state index in [0.29, 0.717) is 11.8 Å². The number of rotatable bonds is 0. The Bertz CT molecular complexity index is 462. The molecule has 0 heterocycles. The first-order valence-electron chi connectivity index (χ1n) is 4.65. The number of halogens is 3. The summed E-state index contributed by atoms with van der Waals surface area (Å²) in [6.07, 6.45) is 0. The van der Waals surface area contributed by atoms with Crippen molar-refractivity contribution in [1.29, 1.82) is 0 Å². The Morgan fingerprint density at radius 2 is 1.35 bits per heavy atom. The van der Waals surface area contributed by atoms with Gasteiger partial charge in [0.15, 0.2) is 11.6 Å². The number of phenolic OH excluding ortho intramolecular Hbond substituents is 1. The summed E-state index contributed by atoms with van der Waals surface area (Å²) in [6, 6.07) is 10.2. The Balaban J connectivity index is 0.000000181. The van der Waals surface area contributed by atoms with Crippen molar-refractivity contribution in [2.24, 2.45) is 0 Å². The Morgan fingerprint density at radius 1 is 0.824 bits per heavy atom. The Labute approximate surface area is 96.1 Å². The molecule has 3 N–H and O–H groups in total. The minimum atomic E-state index is -1.33. The van der Waals surface area contributed by atoms with Crippen molar-refractivity contribution >= 4 is 5.69 Å². The molecule has 0 spiro atoms. The van der Waals surface area contributed by atoms with Gasteiger partial charge in [0.05, 0.1) is 0 Å². The van der Waals surface area contributed by atoms with Crippen LogP contribution in [-0.2, 0) is 0 Å². The van der Waals surface area contributed by atoms with Gasteiger partial charge >= 0.3 is 0 Å². The van der Waals surface area contributed by atoms with Gasteiger partial charge in [-0.05, 0) is 24.3 Å². The van der Waals surface area contributed by atoms with Gasteiger partial charge in [0.25, 0.3) is 0 Å². The van der Waals surface area contributed by atoms with Crippen LogP contribution in [0.5, 0.6) is 5.75 Å². The van der Waals surface area contributed by atoms with Crippen molar-refractivity contribution in [3.8, 4) is 5.75 Å². The van der Waals surface area contributed by atoms with E-state index in [2.05, 4.69) is 0 Å². The predicted molar refractivity (Wildman–Crippen MR) is 58.8 cm³/mol. The van der Waals surface area contributed by atoms with Gasteiger partial charge in [-0.25, -0.2) is 13.2 Å². The maximum atomic E-state index is 12.3. The normalized spacial score (nSPS) is 9.35. The van der Waals surface area contributed by atoms with Crippen molar-refractivity contribution in [3.63, 3.8) is 0 Å². The van der Waals surface area contributed by atoms with E-state index in [1.807, 2.05) is 6.07 Å². The van der Waals surface area contributed by atoms with E-state index in [0.717, 1.165) is 6.07 Å². The Kier molecular flexibility index (Phi) is 4.39. The lowest BCUT2D eigenvalue weighted by atomic mass is 10.3. The van der Waals surface area contributed by atoms with Crippen LogP contribution in [-0.4, -0.2) is 5.11 Å². The van der Waals surface area contributed by atoms with E-state index >= 15 is 0 Å². The number of benzene rings is 2. The van der Waals surface area contributed by atoms with Crippen LogP contribution < -0.4 is 5.73 Å². The molecule has 0 radical (unpaired) electrons. The van der Waals surface area contributed by atoms with Gasteiger partial charge in [-0.3, -0.25) is 0 Å². The van der Waals surface area contributed by atoms with Crippen LogP contribution in [0.1, 0.15) is 0 Å². The fourth-order valence-electron chi connectivity index (χ4n) is 0.971. The molecule has 0 amide bonds. The summed E-state index contributed by atoms with van der Waals surface area (Å²) in [5, 5.41) is 8.63. The van der Waals surface area contributed by atoms with Crippen molar-refractivity contribution in [2.45, 2.75) is 0 Å². The first-order chi connectivity index (χ1) is 8.02. The maximum Gasteiger partial charge on any atom is 0.184 e. The molecule has 0 bridgehead atoms. The van der Waals surface area contributed by atoms with Crippen molar-refractivity contribution in [3.05, 3.63) is 59.9 Å². The minimum Gasteiger partial charge on any atom is -0.508 e. The van der Waals surface area contributed by atoms with Crippen LogP contribution in [0, 0.1) is 17.5 Å². The summed E-state index contributed by atoms with van der Waals surface area (Å²) in [6.45, 7) is 0. The van der Waals surface area contributed by atoms with Crippen LogP contribution >= 0.6 is 0 Å². The fourth-order valence-corrected chi connectivity index (χ4v) is 0.971. The standard InChI is InChI=1S/C6H4F3N.C6H6O/c7-3-1-2-4(8)6(10)5(3)9;7-6-4-2-1-3-5-6/h1-2H,10H2;1-5,7H. The number of para-hydroxylation sites is 1. The maximum absolute atomic E-state index is 12.3. The lowest BCUT2D eigenvalue weighted by Gasteiger charge is -1.97. The SMILES string of the molecule is Nc1c(F)ccc(F)c1F.Oc1ccccc1. The molecule has 2 rings (SSSR count). The van der Waals surface area contributed by atoms with Gasteiger partial charge in [0.1, 0.15) is 17.3 Å². The van der Waals surface area contributed by atoms with Crippen LogP contribution in [0.25, 0.3) is 0 Å². The zero-order valence-corrected chi connectivity index (χ0v) is 8.70. The van der Waals surface area contributed by atoms with Gasteiger partial charge in [-0.15, -0.1) is 0 Å². The van der Waals surface area contributed by atoms with Gasteiger partial charge in [-0.1, -0.05) is 18.2 Å². The second-order valence-corrected chi connectivity index (χ2v) is 3.09. The molecule has 0 unspecified atom stereocenters. The van der Waals surface area contributed by atoms with Crippen LogP contribution in [0.2, 0.25) is 0 Å². The molecule has 0 saturated carbocycles. The summed E-state index contributed by atoms with van der Waals surface area (Å²) >= 11 is 0. The molecule has 90 valence electrons. The number of phenols is 1. The summed E-state index contributed by atoms with van der Waals surface area (Å²) in [4.78, 5) is 0. The van der Waals surface area contributed by atoms with Crippen LogP contribution in [0.15, 0.2) is 42.5 Å². The molecule has 5 heteroatoms. The largest absolute Gasteiger partial charge is 0.508 e. The lowest BCUT2D eigenvalue weighted by molar-refractivity contribution is 0.475. The third kappa shape index (κ3) is 3.71. The molecule has 0 aliphatic heterocycles. The average Bonchev–Trinajstić information content (AvgIpc) is 2.33. The summed E-state index contributed by atoms with van der Waals surface area (Å²) in [5.41, 5.74) is 4.01. The van der Waals surface area contributed by atoms with Crippen molar-refractivity contribution in [1.82, 2.24) is 0 Å². The molecule has 0 aliphatic rings. The number of nitrogens with two attached hydrogens (primary N) is 1. The van der Waals surface area contributed by atoms with E-state index in [4.69, 9.17) is 10.8 Å². The second-order valence-electron chi connectivity index (χ2n) is 3.09.